The Labute approximate surface area is 152 Å². The molecule has 0 atom stereocenters. The van der Waals surface area contributed by atoms with E-state index in [0.29, 0.717) is 0 Å². The van der Waals surface area contributed by atoms with Crippen molar-refractivity contribution in [2.75, 3.05) is 6.54 Å². The predicted molar refractivity (Wildman–Crippen MR) is 104 cm³/mol. The summed E-state index contributed by atoms with van der Waals surface area (Å²) in [5.41, 5.74) is 8.52. The molecule has 4 aromatic rings. The molecule has 0 saturated heterocycles. The average Bonchev–Trinajstić information content (AvgIpc) is 3.26. The van der Waals surface area contributed by atoms with Gasteiger partial charge < -0.3 is 5.32 Å². The molecule has 3 N–H and O–H groups in total. The summed E-state index contributed by atoms with van der Waals surface area (Å²) in [6, 6.07) is 8.36. The Hall–Kier alpha value is -2.99. The fourth-order valence-electron chi connectivity index (χ4n) is 3.23. The number of aromatic nitrogens is 5. The first-order valence-electron chi connectivity index (χ1n) is 8.82. The number of fused-ring (bicyclic) bond motifs is 1. The van der Waals surface area contributed by atoms with Gasteiger partial charge in [0.1, 0.15) is 5.69 Å². The summed E-state index contributed by atoms with van der Waals surface area (Å²) >= 11 is 0. The third kappa shape index (κ3) is 2.88. The number of benzene rings is 1. The highest BCUT2D eigenvalue weighted by atomic mass is 15.2. The van der Waals surface area contributed by atoms with Crippen LogP contribution in [0.4, 0.5) is 0 Å². The van der Waals surface area contributed by atoms with E-state index < -0.39 is 0 Å². The largest absolute Gasteiger partial charge is 0.313 e. The van der Waals surface area contributed by atoms with Crippen molar-refractivity contribution >= 4 is 10.9 Å². The molecule has 26 heavy (non-hydrogen) atoms. The lowest BCUT2D eigenvalue weighted by atomic mass is 9.97. The van der Waals surface area contributed by atoms with Crippen molar-refractivity contribution in [2.24, 2.45) is 0 Å². The summed E-state index contributed by atoms with van der Waals surface area (Å²) in [6.45, 7) is 8.00. The molecule has 0 amide bonds. The number of H-pyrrole nitrogens is 2. The highest BCUT2D eigenvalue weighted by Gasteiger charge is 2.13. The van der Waals surface area contributed by atoms with E-state index in [1.807, 2.05) is 25.4 Å². The first kappa shape index (κ1) is 16.5. The Balaban J connectivity index is 1.81. The van der Waals surface area contributed by atoms with Gasteiger partial charge >= 0.3 is 0 Å². The first-order chi connectivity index (χ1) is 12.7. The molecule has 0 fully saturated rings. The maximum absolute atomic E-state index is 4.47. The summed E-state index contributed by atoms with van der Waals surface area (Å²) in [4.78, 5) is 4.45. The molecule has 0 radical (unpaired) electrons. The molecule has 3 heterocycles. The Morgan fingerprint density at radius 2 is 1.92 bits per heavy atom. The minimum atomic E-state index is 0.829. The molecule has 0 aliphatic carbocycles. The van der Waals surface area contributed by atoms with E-state index in [1.165, 1.54) is 11.1 Å². The quantitative estimate of drug-likeness (QED) is 0.514. The van der Waals surface area contributed by atoms with Gasteiger partial charge in [-0.05, 0) is 55.3 Å². The van der Waals surface area contributed by atoms with Crippen molar-refractivity contribution in [3.63, 3.8) is 0 Å². The minimum Gasteiger partial charge on any atom is -0.313 e. The summed E-state index contributed by atoms with van der Waals surface area (Å²) in [7, 11) is 0. The van der Waals surface area contributed by atoms with E-state index in [0.717, 1.165) is 52.2 Å². The minimum absolute atomic E-state index is 0.829. The SMILES string of the molecule is CCNCc1cncc(-c2ccc3[nH]nc(-c4cc(C)n[nH]4)c3c2)c1C. The highest BCUT2D eigenvalue weighted by Crippen LogP contribution is 2.31. The van der Waals surface area contributed by atoms with Crippen LogP contribution >= 0.6 is 0 Å². The number of hydrogen-bond acceptors (Lipinski definition) is 4. The zero-order valence-corrected chi connectivity index (χ0v) is 15.2. The van der Waals surface area contributed by atoms with Crippen molar-refractivity contribution in [3.05, 3.63) is 53.5 Å². The van der Waals surface area contributed by atoms with Crippen molar-refractivity contribution in [1.82, 2.24) is 30.7 Å². The molecular weight excluding hydrogens is 324 g/mol. The number of aromatic amines is 2. The van der Waals surface area contributed by atoms with Crippen molar-refractivity contribution in [2.45, 2.75) is 27.3 Å². The van der Waals surface area contributed by atoms with Crippen LogP contribution in [0.5, 0.6) is 0 Å². The van der Waals surface area contributed by atoms with Gasteiger partial charge in [0.2, 0.25) is 0 Å². The maximum atomic E-state index is 4.47. The zero-order chi connectivity index (χ0) is 18.1. The van der Waals surface area contributed by atoms with Crippen LogP contribution < -0.4 is 5.32 Å². The maximum Gasteiger partial charge on any atom is 0.118 e. The van der Waals surface area contributed by atoms with Gasteiger partial charge in [-0.15, -0.1) is 0 Å². The Morgan fingerprint density at radius 3 is 2.69 bits per heavy atom. The molecule has 4 rings (SSSR count). The molecule has 1 aromatic carbocycles. The highest BCUT2D eigenvalue weighted by molar-refractivity contribution is 5.95. The van der Waals surface area contributed by atoms with Crippen LogP contribution in [0, 0.1) is 13.8 Å². The molecule has 0 aliphatic heterocycles. The average molecular weight is 346 g/mol. The van der Waals surface area contributed by atoms with Crippen LogP contribution in [0.3, 0.4) is 0 Å². The molecule has 0 unspecified atom stereocenters. The summed E-state index contributed by atoms with van der Waals surface area (Å²) in [6.07, 6.45) is 3.88. The van der Waals surface area contributed by atoms with E-state index in [1.54, 1.807) is 0 Å². The van der Waals surface area contributed by atoms with E-state index in [4.69, 9.17) is 0 Å². The molecule has 132 valence electrons. The lowest BCUT2D eigenvalue weighted by Crippen LogP contribution is -2.13. The van der Waals surface area contributed by atoms with Crippen LogP contribution in [0.1, 0.15) is 23.7 Å². The summed E-state index contributed by atoms with van der Waals surface area (Å²) in [5.74, 6) is 0. The normalized spacial score (nSPS) is 11.3. The molecule has 0 spiro atoms. The van der Waals surface area contributed by atoms with Crippen LogP contribution in [0.25, 0.3) is 33.4 Å². The smallest absolute Gasteiger partial charge is 0.118 e. The monoisotopic (exact) mass is 346 g/mol. The van der Waals surface area contributed by atoms with E-state index in [2.05, 4.69) is 62.7 Å². The fourth-order valence-corrected chi connectivity index (χ4v) is 3.23. The van der Waals surface area contributed by atoms with Gasteiger partial charge in [0.05, 0.1) is 16.9 Å². The van der Waals surface area contributed by atoms with Gasteiger partial charge in [0.25, 0.3) is 0 Å². The molecule has 6 nitrogen and oxygen atoms in total. The van der Waals surface area contributed by atoms with Crippen molar-refractivity contribution in [1.29, 1.82) is 0 Å². The van der Waals surface area contributed by atoms with Gasteiger partial charge in [-0.1, -0.05) is 13.0 Å². The molecule has 3 aromatic heterocycles. The number of nitrogens with zero attached hydrogens (tertiary/aromatic N) is 3. The van der Waals surface area contributed by atoms with Gasteiger partial charge in [-0.25, -0.2) is 0 Å². The Bertz CT molecular complexity index is 1060. The van der Waals surface area contributed by atoms with Crippen molar-refractivity contribution in [3.8, 4) is 22.5 Å². The molecular formula is C20H22N6. The van der Waals surface area contributed by atoms with Gasteiger partial charge in [0.15, 0.2) is 0 Å². The van der Waals surface area contributed by atoms with E-state index in [-0.39, 0.29) is 0 Å². The van der Waals surface area contributed by atoms with Crippen LogP contribution in [0.2, 0.25) is 0 Å². The van der Waals surface area contributed by atoms with Crippen LogP contribution in [0.15, 0.2) is 36.7 Å². The second kappa shape index (κ2) is 6.72. The number of hydrogen-bond donors (Lipinski definition) is 3. The Morgan fingerprint density at radius 1 is 1.04 bits per heavy atom. The first-order valence-corrected chi connectivity index (χ1v) is 8.82. The fraction of sp³-hybridized carbons (Fsp3) is 0.250. The topological polar surface area (TPSA) is 82.3 Å². The lowest BCUT2D eigenvalue weighted by Gasteiger charge is -2.11. The molecule has 0 aliphatic rings. The Kier molecular flexibility index (Phi) is 4.26. The molecule has 0 bridgehead atoms. The van der Waals surface area contributed by atoms with Gasteiger partial charge in [-0.3, -0.25) is 15.2 Å². The third-order valence-corrected chi connectivity index (χ3v) is 4.72. The standard InChI is InChI=1S/C20H22N6/c1-4-21-9-15-10-22-11-17(13(15)3)14-5-6-18-16(8-14)20(26-24-18)19-7-12(2)23-25-19/h5-8,10-11,21H,4,9H2,1-3H3,(H,23,25)(H,24,26). The molecule has 6 heteroatoms. The second-order valence-electron chi connectivity index (χ2n) is 6.51. The van der Waals surface area contributed by atoms with E-state index in [9.17, 15) is 0 Å². The van der Waals surface area contributed by atoms with E-state index >= 15 is 0 Å². The summed E-state index contributed by atoms with van der Waals surface area (Å²) in [5, 5.41) is 19.3. The number of rotatable bonds is 5. The zero-order valence-electron chi connectivity index (χ0n) is 15.2. The number of pyridine rings is 1. The third-order valence-electron chi connectivity index (χ3n) is 4.72. The van der Waals surface area contributed by atoms with Crippen LogP contribution in [-0.4, -0.2) is 31.9 Å². The van der Waals surface area contributed by atoms with Crippen LogP contribution in [-0.2, 0) is 6.54 Å². The number of aryl methyl sites for hydroxylation is 1. The lowest BCUT2D eigenvalue weighted by molar-refractivity contribution is 0.721. The summed E-state index contributed by atoms with van der Waals surface area (Å²) < 4.78 is 0. The second-order valence-corrected chi connectivity index (χ2v) is 6.51. The van der Waals surface area contributed by atoms with Gasteiger partial charge in [0, 0.05) is 29.9 Å². The molecule has 0 saturated carbocycles. The van der Waals surface area contributed by atoms with Gasteiger partial charge in [-0.2, -0.15) is 10.2 Å². The van der Waals surface area contributed by atoms with Crippen molar-refractivity contribution < 1.29 is 0 Å². The number of nitrogens with one attached hydrogen (secondary N) is 3. The predicted octanol–water partition coefficient (Wildman–Crippen LogP) is 3.74.